The number of carbonyl (C=O) groups excluding carboxylic acids is 4. The molecule has 8 nitrogen and oxygen atoms in total. The quantitative estimate of drug-likeness (QED) is 0.401. The SMILES string of the molecule is C=CC1OC(C=C)C2C(=O)OC(=O)C12.CCC1OC(CC)C2C(=O)OC(=O)C12. The number of hydrogen-bond donors (Lipinski definition) is 0. The van der Waals surface area contributed by atoms with Gasteiger partial charge in [-0.05, 0) is 12.8 Å². The van der Waals surface area contributed by atoms with Crippen molar-refractivity contribution in [1.29, 1.82) is 0 Å². The van der Waals surface area contributed by atoms with Gasteiger partial charge in [-0.3, -0.25) is 19.2 Å². The highest BCUT2D eigenvalue weighted by atomic mass is 16.6. The predicted octanol–water partition coefficient (Wildman–Crippen LogP) is 1.33. The lowest BCUT2D eigenvalue weighted by molar-refractivity contribution is -0.159. The first-order valence-electron chi connectivity index (χ1n) is 9.44. The maximum absolute atomic E-state index is 11.4. The van der Waals surface area contributed by atoms with Crippen LogP contribution in [-0.4, -0.2) is 48.3 Å². The van der Waals surface area contributed by atoms with Crippen LogP contribution in [0.1, 0.15) is 26.7 Å². The molecule has 0 spiro atoms. The number of esters is 4. The zero-order valence-corrected chi connectivity index (χ0v) is 15.9. The van der Waals surface area contributed by atoms with E-state index in [0.717, 1.165) is 12.8 Å². The lowest BCUT2D eigenvalue weighted by Gasteiger charge is -2.13. The molecule has 0 aromatic carbocycles. The van der Waals surface area contributed by atoms with Crippen molar-refractivity contribution in [2.75, 3.05) is 0 Å². The smallest absolute Gasteiger partial charge is 0.320 e. The van der Waals surface area contributed by atoms with E-state index < -0.39 is 47.9 Å². The van der Waals surface area contributed by atoms with E-state index in [1.54, 1.807) is 0 Å². The number of ether oxygens (including phenoxy) is 4. The van der Waals surface area contributed by atoms with Crippen molar-refractivity contribution in [2.45, 2.75) is 51.1 Å². The summed E-state index contributed by atoms with van der Waals surface area (Å²) in [5, 5.41) is 0. The maximum Gasteiger partial charge on any atom is 0.320 e. The van der Waals surface area contributed by atoms with E-state index in [9.17, 15) is 19.2 Å². The van der Waals surface area contributed by atoms with Crippen LogP contribution in [0, 0.1) is 23.7 Å². The highest BCUT2D eigenvalue weighted by molar-refractivity contribution is 5.98. The largest absolute Gasteiger partial charge is 0.393 e. The molecule has 0 bridgehead atoms. The standard InChI is InChI=1S/C10H14O4.C10H10O4/c2*1-3-5-7-8(6(4-2)13-5)10(12)14-9(7)11/h5-8H,3-4H2,1-2H3;3-8H,1-2H2. The highest BCUT2D eigenvalue weighted by Gasteiger charge is 2.58. The van der Waals surface area contributed by atoms with Crippen molar-refractivity contribution < 1.29 is 38.1 Å². The predicted molar refractivity (Wildman–Crippen MR) is 94.5 cm³/mol. The van der Waals surface area contributed by atoms with Gasteiger partial charge in [0.1, 0.15) is 11.8 Å². The third-order valence-electron chi connectivity index (χ3n) is 5.71. The van der Waals surface area contributed by atoms with Crippen LogP contribution >= 0.6 is 0 Å². The molecule has 4 aliphatic heterocycles. The van der Waals surface area contributed by atoms with Crippen LogP contribution in [0.15, 0.2) is 25.3 Å². The maximum atomic E-state index is 11.4. The summed E-state index contributed by atoms with van der Waals surface area (Å²) < 4.78 is 20.2. The molecule has 0 amide bonds. The molecular formula is C20H24O8. The second kappa shape index (κ2) is 7.97. The van der Waals surface area contributed by atoms with Crippen LogP contribution in [0.3, 0.4) is 0 Å². The van der Waals surface area contributed by atoms with Gasteiger partial charge in [-0.25, -0.2) is 0 Å². The highest BCUT2D eigenvalue weighted by Crippen LogP contribution is 2.41. The number of cyclic esters (lactones) is 4. The Morgan fingerprint density at radius 1 is 0.679 bits per heavy atom. The molecule has 4 fully saturated rings. The first-order valence-corrected chi connectivity index (χ1v) is 9.44. The van der Waals surface area contributed by atoms with Crippen molar-refractivity contribution in [2.24, 2.45) is 23.7 Å². The Hall–Kier alpha value is -2.32. The number of fused-ring (bicyclic) bond motifs is 2. The van der Waals surface area contributed by atoms with Gasteiger partial charge in [0.15, 0.2) is 0 Å². The van der Waals surface area contributed by atoms with Gasteiger partial charge >= 0.3 is 23.9 Å². The third-order valence-corrected chi connectivity index (χ3v) is 5.71. The molecule has 0 aromatic heterocycles. The average Bonchev–Trinajstić information content (AvgIpc) is 3.39. The van der Waals surface area contributed by atoms with E-state index >= 15 is 0 Å². The van der Waals surface area contributed by atoms with Gasteiger partial charge in [-0.1, -0.05) is 26.0 Å². The molecule has 0 aromatic rings. The second-order valence-corrected chi connectivity index (χ2v) is 7.15. The van der Waals surface area contributed by atoms with E-state index in [0.29, 0.717) is 0 Å². The van der Waals surface area contributed by atoms with E-state index in [-0.39, 0.29) is 24.0 Å². The molecule has 0 saturated carbocycles. The van der Waals surface area contributed by atoms with Crippen molar-refractivity contribution in [3.05, 3.63) is 25.3 Å². The van der Waals surface area contributed by atoms with Gasteiger partial charge in [0.25, 0.3) is 0 Å². The molecule has 8 heteroatoms. The summed E-state index contributed by atoms with van der Waals surface area (Å²) in [7, 11) is 0. The van der Waals surface area contributed by atoms with Crippen molar-refractivity contribution in [1.82, 2.24) is 0 Å². The zero-order chi connectivity index (χ0) is 20.6. The third kappa shape index (κ3) is 3.20. The molecular weight excluding hydrogens is 368 g/mol. The van der Waals surface area contributed by atoms with Crippen molar-refractivity contribution >= 4 is 23.9 Å². The minimum atomic E-state index is -0.539. The fourth-order valence-electron chi connectivity index (χ4n) is 4.35. The molecule has 28 heavy (non-hydrogen) atoms. The zero-order valence-electron chi connectivity index (χ0n) is 15.9. The number of carbonyl (C=O) groups is 4. The topological polar surface area (TPSA) is 105 Å². The Balaban J connectivity index is 0.000000161. The van der Waals surface area contributed by atoms with Crippen LogP contribution in [0.4, 0.5) is 0 Å². The van der Waals surface area contributed by atoms with Gasteiger partial charge in [0.2, 0.25) is 0 Å². The Kier molecular flexibility index (Phi) is 5.81. The van der Waals surface area contributed by atoms with E-state index in [1.807, 2.05) is 13.8 Å². The van der Waals surface area contributed by atoms with Crippen molar-refractivity contribution in [3.63, 3.8) is 0 Å². The molecule has 4 aliphatic rings. The minimum Gasteiger partial charge on any atom is -0.393 e. The van der Waals surface area contributed by atoms with Gasteiger partial charge in [0, 0.05) is 0 Å². The second-order valence-electron chi connectivity index (χ2n) is 7.15. The first kappa shape index (κ1) is 20.4. The summed E-state index contributed by atoms with van der Waals surface area (Å²) in [6, 6.07) is 0. The van der Waals surface area contributed by atoms with Crippen LogP contribution in [0.2, 0.25) is 0 Å². The summed E-state index contributed by atoms with van der Waals surface area (Å²) in [6.07, 6.45) is 3.37. The molecule has 152 valence electrons. The molecule has 8 unspecified atom stereocenters. The van der Waals surface area contributed by atoms with Crippen molar-refractivity contribution in [3.8, 4) is 0 Å². The Morgan fingerprint density at radius 2 is 1.04 bits per heavy atom. The fourth-order valence-corrected chi connectivity index (χ4v) is 4.35. The lowest BCUT2D eigenvalue weighted by atomic mass is 9.88. The number of rotatable bonds is 4. The van der Waals surface area contributed by atoms with E-state index in [4.69, 9.17) is 9.47 Å². The van der Waals surface area contributed by atoms with Gasteiger partial charge in [-0.15, -0.1) is 13.2 Å². The Morgan fingerprint density at radius 3 is 1.36 bits per heavy atom. The summed E-state index contributed by atoms with van der Waals surface area (Å²) in [5.74, 6) is -3.62. The van der Waals surface area contributed by atoms with E-state index in [2.05, 4.69) is 22.6 Å². The van der Waals surface area contributed by atoms with E-state index in [1.165, 1.54) is 12.2 Å². The molecule has 4 saturated heterocycles. The molecule has 4 rings (SSSR count). The summed E-state index contributed by atoms with van der Waals surface area (Å²) in [5.41, 5.74) is 0. The molecule has 0 radical (unpaired) electrons. The van der Waals surface area contributed by atoms with Crippen LogP contribution in [-0.2, 0) is 38.1 Å². The van der Waals surface area contributed by atoms with Gasteiger partial charge in [-0.2, -0.15) is 0 Å². The van der Waals surface area contributed by atoms with Crippen LogP contribution < -0.4 is 0 Å². The normalized spacial score (nSPS) is 40.9. The summed E-state index contributed by atoms with van der Waals surface area (Å²) in [4.78, 5) is 45.3. The minimum absolute atomic E-state index is 0.135. The first-order chi connectivity index (χ1) is 13.4. The fraction of sp³-hybridized carbons (Fsp3) is 0.600. The average molecular weight is 392 g/mol. The Bertz CT molecular complexity index is 657. The van der Waals surface area contributed by atoms with Gasteiger partial charge < -0.3 is 18.9 Å². The molecule has 4 heterocycles. The van der Waals surface area contributed by atoms with Crippen LogP contribution in [0.25, 0.3) is 0 Å². The number of hydrogen-bond acceptors (Lipinski definition) is 8. The monoisotopic (exact) mass is 392 g/mol. The molecule has 0 aliphatic carbocycles. The van der Waals surface area contributed by atoms with Crippen LogP contribution in [0.5, 0.6) is 0 Å². The van der Waals surface area contributed by atoms with Gasteiger partial charge in [0.05, 0.1) is 36.3 Å². The lowest BCUT2D eigenvalue weighted by Crippen LogP contribution is -2.24. The molecule has 0 N–H and O–H groups in total. The summed E-state index contributed by atoms with van der Waals surface area (Å²) in [6.45, 7) is 11.0. The Labute approximate surface area is 162 Å². The summed E-state index contributed by atoms with van der Waals surface area (Å²) >= 11 is 0. The molecule has 8 atom stereocenters.